The highest BCUT2D eigenvalue weighted by Gasteiger charge is 2.36. The number of carbonyl (C=O) groups is 1. The van der Waals surface area contributed by atoms with Crippen LogP contribution in [-0.4, -0.2) is 35.5 Å². The summed E-state index contributed by atoms with van der Waals surface area (Å²) in [5.41, 5.74) is 5.13. The van der Waals surface area contributed by atoms with E-state index in [0.29, 0.717) is 17.8 Å². The average Bonchev–Trinajstić information content (AvgIpc) is 2.91. The third kappa shape index (κ3) is 4.16. The molecule has 1 aromatic heterocycles. The van der Waals surface area contributed by atoms with Crippen molar-refractivity contribution in [1.29, 1.82) is 0 Å². The Kier molecular flexibility index (Phi) is 5.73. The van der Waals surface area contributed by atoms with Gasteiger partial charge in [-0.3, -0.25) is 4.68 Å². The summed E-state index contributed by atoms with van der Waals surface area (Å²) in [7, 11) is 1.66. The van der Waals surface area contributed by atoms with Crippen LogP contribution in [0.5, 0.6) is 5.75 Å². The standard InChI is InChI=1S/C23H31N3O3/c1-14(2)29-22(27)19-15(3)24-13-23(5,6)20-16(4)26(25-21(19)20)12-17-8-10-18(28-7)11-9-17/h8-11,14,24H,12-13H2,1-7H3. The molecule has 156 valence electrons. The monoisotopic (exact) mass is 397 g/mol. The molecule has 0 saturated carbocycles. The first-order valence-corrected chi connectivity index (χ1v) is 10.0. The summed E-state index contributed by atoms with van der Waals surface area (Å²) in [4.78, 5) is 12.9. The van der Waals surface area contributed by atoms with Gasteiger partial charge in [-0.1, -0.05) is 26.0 Å². The van der Waals surface area contributed by atoms with Crippen LogP contribution in [0.25, 0.3) is 5.57 Å². The number of rotatable bonds is 5. The minimum absolute atomic E-state index is 0.182. The lowest BCUT2D eigenvalue weighted by Gasteiger charge is -2.24. The van der Waals surface area contributed by atoms with Gasteiger partial charge in [-0.2, -0.15) is 5.10 Å². The number of benzene rings is 1. The molecule has 0 atom stereocenters. The number of carbonyl (C=O) groups excluding carboxylic acids is 1. The van der Waals surface area contributed by atoms with E-state index in [2.05, 4.69) is 26.1 Å². The fourth-order valence-electron chi connectivity index (χ4n) is 3.82. The molecule has 0 spiro atoms. The molecule has 2 aromatic rings. The molecular formula is C23H31N3O3. The normalized spacial score (nSPS) is 15.6. The van der Waals surface area contributed by atoms with Gasteiger partial charge in [-0.25, -0.2) is 4.79 Å². The van der Waals surface area contributed by atoms with Gasteiger partial charge in [0.1, 0.15) is 17.0 Å². The Morgan fingerprint density at radius 2 is 1.90 bits per heavy atom. The Morgan fingerprint density at radius 3 is 2.48 bits per heavy atom. The van der Waals surface area contributed by atoms with Crippen molar-refractivity contribution in [3.63, 3.8) is 0 Å². The average molecular weight is 398 g/mol. The van der Waals surface area contributed by atoms with Gasteiger partial charge in [0.2, 0.25) is 0 Å². The van der Waals surface area contributed by atoms with Crippen molar-refractivity contribution in [2.45, 2.75) is 59.6 Å². The van der Waals surface area contributed by atoms with Crippen molar-refractivity contribution in [1.82, 2.24) is 15.1 Å². The number of nitrogens with zero attached hydrogens (tertiary/aromatic N) is 2. The van der Waals surface area contributed by atoms with Gasteiger partial charge in [0.15, 0.2) is 0 Å². The van der Waals surface area contributed by atoms with Gasteiger partial charge in [-0.05, 0) is 45.4 Å². The highest BCUT2D eigenvalue weighted by atomic mass is 16.5. The second-order valence-electron chi connectivity index (χ2n) is 8.51. The number of ether oxygens (including phenoxy) is 2. The molecule has 29 heavy (non-hydrogen) atoms. The van der Waals surface area contributed by atoms with E-state index < -0.39 is 0 Å². The van der Waals surface area contributed by atoms with Crippen LogP contribution in [0.3, 0.4) is 0 Å². The molecule has 1 aliphatic rings. The van der Waals surface area contributed by atoms with E-state index in [-0.39, 0.29) is 17.5 Å². The van der Waals surface area contributed by atoms with Crippen LogP contribution < -0.4 is 10.1 Å². The van der Waals surface area contributed by atoms with E-state index in [1.54, 1.807) is 7.11 Å². The second kappa shape index (κ2) is 7.93. The van der Waals surface area contributed by atoms with E-state index in [1.165, 1.54) is 0 Å². The van der Waals surface area contributed by atoms with E-state index >= 15 is 0 Å². The molecule has 1 aromatic carbocycles. The minimum atomic E-state index is -0.335. The minimum Gasteiger partial charge on any atom is -0.497 e. The molecule has 0 radical (unpaired) electrons. The SMILES string of the molecule is COc1ccc(Cn2nc3c(c2C)C(C)(C)CNC(C)=C3C(=O)OC(C)C)cc1. The fourth-order valence-corrected chi connectivity index (χ4v) is 3.82. The number of fused-ring (bicyclic) bond motifs is 1. The van der Waals surface area contributed by atoms with Crippen LogP contribution in [0.1, 0.15) is 57.1 Å². The van der Waals surface area contributed by atoms with Gasteiger partial charge in [0.05, 0.1) is 19.8 Å². The van der Waals surface area contributed by atoms with Crippen molar-refractivity contribution in [2.75, 3.05) is 13.7 Å². The Labute approximate surface area is 172 Å². The first-order valence-electron chi connectivity index (χ1n) is 10.0. The quantitative estimate of drug-likeness (QED) is 0.777. The maximum absolute atomic E-state index is 12.9. The van der Waals surface area contributed by atoms with Gasteiger partial charge < -0.3 is 14.8 Å². The highest BCUT2D eigenvalue weighted by Crippen LogP contribution is 2.37. The second-order valence-corrected chi connectivity index (χ2v) is 8.51. The fraction of sp³-hybridized carbons (Fsp3) is 0.478. The molecule has 6 heteroatoms. The summed E-state index contributed by atoms with van der Waals surface area (Å²) in [6.07, 6.45) is -0.190. The number of allylic oxidation sites excluding steroid dienone is 1. The third-order valence-corrected chi connectivity index (χ3v) is 5.33. The van der Waals surface area contributed by atoms with Gasteiger partial charge in [0.25, 0.3) is 0 Å². The maximum Gasteiger partial charge on any atom is 0.342 e. The maximum atomic E-state index is 12.9. The van der Waals surface area contributed by atoms with Crippen LogP contribution in [0, 0.1) is 6.92 Å². The van der Waals surface area contributed by atoms with Gasteiger partial charge in [-0.15, -0.1) is 0 Å². The third-order valence-electron chi connectivity index (χ3n) is 5.33. The largest absolute Gasteiger partial charge is 0.497 e. The number of aromatic nitrogens is 2. The Hall–Kier alpha value is -2.76. The van der Waals surface area contributed by atoms with Crippen LogP contribution in [0.2, 0.25) is 0 Å². The van der Waals surface area contributed by atoms with Crippen molar-refractivity contribution in [2.24, 2.45) is 0 Å². The molecule has 1 N–H and O–H groups in total. The summed E-state index contributed by atoms with van der Waals surface area (Å²) >= 11 is 0. The predicted molar refractivity (Wildman–Crippen MR) is 114 cm³/mol. The first-order chi connectivity index (χ1) is 13.6. The number of hydrogen-bond donors (Lipinski definition) is 1. The molecule has 0 saturated heterocycles. The molecule has 0 aliphatic carbocycles. The molecular weight excluding hydrogens is 366 g/mol. The van der Waals surface area contributed by atoms with Crippen LogP contribution in [0.4, 0.5) is 0 Å². The van der Waals surface area contributed by atoms with E-state index in [4.69, 9.17) is 14.6 Å². The summed E-state index contributed by atoms with van der Waals surface area (Å²) in [5.74, 6) is 0.490. The lowest BCUT2D eigenvalue weighted by molar-refractivity contribution is -0.140. The lowest BCUT2D eigenvalue weighted by Crippen LogP contribution is -2.31. The predicted octanol–water partition coefficient (Wildman–Crippen LogP) is 3.81. The van der Waals surface area contributed by atoms with Gasteiger partial charge >= 0.3 is 5.97 Å². The Morgan fingerprint density at radius 1 is 1.24 bits per heavy atom. The molecule has 0 fully saturated rings. The van der Waals surface area contributed by atoms with Crippen molar-refractivity contribution < 1.29 is 14.3 Å². The molecule has 6 nitrogen and oxygen atoms in total. The number of nitrogens with one attached hydrogen (secondary N) is 1. The van der Waals surface area contributed by atoms with E-state index in [0.717, 1.165) is 34.8 Å². The topological polar surface area (TPSA) is 65.4 Å². The van der Waals surface area contributed by atoms with Crippen LogP contribution in [-0.2, 0) is 21.5 Å². The zero-order valence-corrected chi connectivity index (χ0v) is 18.4. The van der Waals surface area contributed by atoms with E-state index in [9.17, 15) is 4.79 Å². The van der Waals surface area contributed by atoms with Gasteiger partial charge in [0, 0.05) is 28.9 Å². The molecule has 0 amide bonds. The summed E-state index contributed by atoms with van der Waals surface area (Å²) in [5, 5.41) is 8.29. The number of methoxy groups -OCH3 is 1. The molecule has 0 unspecified atom stereocenters. The Balaban J connectivity index is 2.08. The summed E-state index contributed by atoms with van der Waals surface area (Å²) in [6.45, 7) is 13.4. The summed E-state index contributed by atoms with van der Waals surface area (Å²) in [6, 6.07) is 7.96. The van der Waals surface area contributed by atoms with Crippen molar-refractivity contribution in [3.8, 4) is 5.75 Å². The van der Waals surface area contributed by atoms with Crippen LogP contribution >= 0.6 is 0 Å². The smallest absolute Gasteiger partial charge is 0.342 e. The van der Waals surface area contributed by atoms with Crippen LogP contribution in [0.15, 0.2) is 30.0 Å². The number of hydrogen-bond acceptors (Lipinski definition) is 5. The zero-order valence-electron chi connectivity index (χ0n) is 18.4. The molecule has 0 bridgehead atoms. The number of esters is 1. The van der Waals surface area contributed by atoms with E-state index in [1.807, 2.05) is 49.7 Å². The Bertz CT molecular complexity index is 937. The van der Waals surface area contributed by atoms with Crippen molar-refractivity contribution in [3.05, 3.63) is 52.5 Å². The summed E-state index contributed by atoms with van der Waals surface area (Å²) < 4.78 is 12.8. The molecule has 2 heterocycles. The van der Waals surface area contributed by atoms with Crippen molar-refractivity contribution >= 4 is 11.5 Å². The first kappa shape index (κ1) is 21.0. The zero-order chi connectivity index (χ0) is 21.3. The highest BCUT2D eigenvalue weighted by molar-refractivity contribution is 6.17. The lowest BCUT2D eigenvalue weighted by atomic mass is 9.82. The molecule has 1 aliphatic heterocycles. The molecule has 3 rings (SSSR count).